The summed E-state index contributed by atoms with van der Waals surface area (Å²) in [6, 6.07) is 21.4. The van der Waals surface area contributed by atoms with E-state index >= 15 is 0 Å². The number of nitrogens with zero attached hydrogens (tertiary/aromatic N) is 2. The molecule has 9 nitrogen and oxygen atoms in total. The molecule has 4 bridgehead atoms. The SMILES string of the molecule is C.CC(C)(C)OC(=O)N1C[C@H]2C[C@@H]1CC2=O.CC(C)(C)OC(=O)N1C[C@H]2C[C@@H]1C[C@H]2NCc1ccccc1.ClCCCl.NCc1ccccc1. The predicted molar refractivity (Wildman–Crippen MR) is 203 cm³/mol. The van der Waals surface area contributed by atoms with Gasteiger partial charge in [0, 0.05) is 68.4 Å². The highest BCUT2D eigenvalue weighted by atomic mass is 35.5. The molecule has 2 saturated carbocycles. The third kappa shape index (κ3) is 14.0. The number of nitrogens with two attached hydrogens (primary N) is 1. The second-order valence-electron chi connectivity index (χ2n) is 14.9. The first-order valence-corrected chi connectivity index (χ1v) is 18.4. The Morgan fingerprint density at radius 1 is 0.780 bits per heavy atom. The van der Waals surface area contributed by atoms with Gasteiger partial charge in [0.1, 0.15) is 17.0 Å². The minimum Gasteiger partial charge on any atom is -0.444 e. The summed E-state index contributed by atoms with van der Waals surface area (Å²) < 4.78 is 10.8. The van der Waals surface area contributed by atoms with Crippen LogP contribution in [0.4, 0.5) is 9.59 Å². The first-order valence-electron chi connectivity index (χ1n) is 17.3. The molecule has 2 aliphatic carbocycles. The van der Waals surface area contributed by atoms with Gasteiger partial charge < -0.3 is 30.3 Å². The summed E-state index contributed by atoms with van der Waals surface area (Å²) in [5, 5.41) is 3.66. The number of likely N-dealkylation sites (tertiary alicyclic amines) is 2. The molecule has 0 unspecified atom stereocenters. The normalized spacial score (nSPS) is 23.0. The van der Waals surface area contributed by atoms with E-state index in [1.54, 1.807) is 4.90 Å². The lowest BCUT2D eigenvalue weighted by molar-refractivity contribution is -0.122. The van der Waals surface area contributed by atoms with E-state index in [0.29, 0.717) is 55.1 Å². The first-order chi connectivity index (χ1) is 23.1. The van der Waals surface area contributed by atoms with Crippen molar-refractivity contribution in [3.63, 3.8) is 0 Å². The molecular weight excluding hydrogens is 675 g/mol. The van der Waals surface area contributed by atoms with Crippen molar-refractivity contribution < 1.29 is 23.9 Å². The standard InChI is InChI=1S/C18H26N2O2.C11H17NO3.C7H9N.C2H4Cl2.CH4/c1-18(2,3)22-17(21)20-12-14-9-15(20)10-16(14)19-11-13-7-5-4-6-8-13;1-11(2,3)15-10(14)12-6-7-4-8(12)5-9(7)13;8-6-7-4-2-1-3-5-7;3-1-2-4;/h4-8,14-16,19H,9-12H2,1-3H3;7-8H,4-6H2,1-3H3;1-5H,6,8H2;1-2H2;1H4/t14-,15-,16-;7-,8-;;;/m11.../s1. The highest BCUT2D eigenvalue weighted by molar-refractivity contribution is 6.25. The van der Waals surface area contributed by atoms with Gasteiger partial charge >= 0.3 is 12.2 Å². The quantitative estimate of drug-likeness (QED) is 0.299. The average Bonchev–Trinajstić information content (AvgIpc) is 3.85. The van der Waals surface area contributed by atoms with Crippen LogP contribution >= 0.6 is 23.2 Å². The van der Waals surface area contributed by atoms with Gasteiger partial charge in [-0.2, -0.15) is 0 Å². The zero-order valence-electron chi connectivity index (χ0n) is 30.0. The largest absolute Gasteiger partial charge is 0.444 e. The number of halogens is 2. The molecular formula is C39H60Cl2N4O5. The predicted octanol–water partition coefficient (Wildman–Crippen LogP) is 8.00. The molecule has 4 fully saturated rings. The lowest BCUT2D eigenvalue weighted by atomic mass is 10.0. The number of hydrogen-bond donors (Lipinski definition) is 2. The molecule has 0 aromatic heterocycles. The van der Waals surface area contributed by atoms with Crippen LogP contribution in [0.2, 0.25) is 0 Å². The third-order valence-corrected chi connectivity index (χ3v) is 9.24. The molecule has 0 spiro atoms. The number of carbonyl (C=O) groups is 3. The number of piperidine rings is 2. The molecule has 4 aliphatic rings. The van der Waals surface area contributed by atoms with Crippen LogP contribution in [0.25, 0.3) is 0 Å². The third-order valence-electron chi connectivity index (χ3n) is 8.67. The van der Waals surface area contributed by atoms with Gasteiger partial charge in [-0.05, 0) is 77.8 Å². The maximum absolute atomic E-state index is 12.2. The summed E-state index contributed by atoms with van der Waals surface area (Å²) in [5.41, 5.74) is 6.98. The van der Waals surface area contributed by atoms with Crippen molar-refractivity contribution in [3.8, 4) is 0 Å². The average molecular weight is 736 g/mol. The number of nitrogens with one attached hydrogen (secondary N) is 1. The number of rotatable bonds is 5. The molecule has 280 valence electrons. The zero-order valence-corrected chi connectivity index (χ0v) is 31.5. The summed E-state index contributed by atoms with van der Waals surface area (Å²) >= 11 is 10.1. The molecule has 2 heterocycles. The van der Waals surface area contributed by atoms with E-state index in [9.17, 15) is 14.4 Å². The molecule has 2 aromatic carbocycles. The summed E-state index contributed by atoms with van der Waals surface area (Å²) in [4.78, 5) is 38.9. The minimum atomic E-state index is -0.455. The van der Waals surface area contributed by atoms with E-state index < -0.39 is 11.2 Å². The topological polar surface area (TPSA) is 114 Å². The zero-order chi connectivity index (χ0) is 36.2. The van der Waals surface area contributed by atoms with Crippen molar-refractivity contribution in [2.75, 3.05) is 24.8 Å². The lowest BCUT2D eigenvalue weighted by Crippen LogP contribution is -2.47. The Morgan fingerprint density at radius 3 is 1.64 bits per heavy atom. The van der Waals surface area contributed by atoms with Crippen molar-refractivity contribution in [2.24, 2.45) is 17.6 Å². The summed E-state index contributed by atoms with van der Waals surface area (Å²) in [5.74, 6) is 2.05. The van der Waals surface area contributed by atoms with Crippen molar-refractivity contribution >= 4 is 41.2 Å². The van der Waals surface area contributed by atoms with Gasteiger partial charge in [0.15, 0.2) is 0 Å². The number of alkyl halides is 2. The van der Waals surface area contributed by atoms with Gasteiger partial charge in [-0.1, -0.05) is 68.1 Å². The van der Waals surface area contributed by atoms with Crippen LogP contribution in [-0.2, 0) is 27.4 Å². The Hall–Kier alpha value is -2.85. The lowest BCUT2D eigenvalue weighted by Gasteiger charge is -2.33. The Balaban J connectivity index is 0.000000267. The molecule has 2 aliphatic heterocycles. The monoisotopic (exact) mass is 734 g/mol. The summed E-state index contributed by atoms with van der Waals surface area (Å²) in [7, 11) is 0. The minimum absolute atomic E-state index is 0. The fourth-order valence-corrected chi connectivity index (χ4v) is 6.49. The number of Topliss-reactive ketones (excluding diaryl/α,β-unsaturated/α-hetero) is 1. The van der Waals surface area contributed by atoms with Crippen LogP contribution in [0, 0.1) is 11.8 Å². The van der Waals surface area contributed by atoms with Gasteiger partial charge in [0.05, 0.1) is 0 Å². The Kier molecular flexibility index (Phi) is 17.5. The highest BCUT2D eigenvalue weighted by Gasteiger charge is 2.48. The summed E-state index contributed by atoms with van der Waals surface area (Å²) in [6.45, 7) is 14.2. The van der Waals surface area contributed by atoms with E-state index in [1.807, 2.05) is 82.8 Å². The number of amides is 2. The number of hydrogen-bond acceptors (Lipinski definition) is 7. The Morgan fingerprint density at radius 2 is 1.28 bits per heavy atom. The number of benzene rings is 2. The second-order valence-corrected chi connectivity index (χ2v) is 15.7. The van der Waals surface area contributed by atoms with E-state index in [1.165, 1.54) is 11.1 Å². The van der Waals surface area contributed by atoms with Crippen molar-refractivity contribution in [3.05, 3.63) is 71.8 Å². The second kappa shape index (κ2) is 20.3. The number of carbonyl (C=O) groups excluding carboxylic acids is 3. The fraction of sp³-hybridized carbons (Fsp3) is 0.615. The van der Waals surface area contributed by atoms with Crippen LogP contribution in [-0.4, -0.2) is 81.9 Å². The van der Waals surface area contributed by atoms with Crippen molar-refractivity contribution in [1.82, 2.24) is 15.1 Å². The molecule has 6 rings (SSSR count). The van der Waals surface area contributed by atoms with E-state index in [-0.39, 0.29) is 31.6 Å². The van der Waals surface area contributed by atoms with Crippen LogP contribution in [0.1, 0.15) is 85.8 Å². The maximum Gasteiger partial charge on any atom is 0.410 e. The van der Waals surface area contributed by atoms with Crippen molar-refractivity contribution in [2.45, 2.75) is 117 Å². The number of ketones is 1. The Bertz CT molecular complexity index is 1320. The van der Waals surface area contributed by atoms with E-state index in [0.717, 1.165) is 32.4 Å². The van der Waals surface area contributed by atoms with Crippen LogP contribution in [0.3, 0.4) is 0 Å². The first kappa shape index (κ1) is 43.3. The molecule has 11 heteroatoms. The molecule has 3 N–H and O–H groups in total. The number of ether oxygens (including phenoxy) is 2. The van der Waals surface area contributed by atoms with E-state index in [2.05, 4.69) is 29.6 Å². The number of fused-ring (bicyclic) bond motifs is 4. The molecule has 2 aromatic rings. The molecule has 2 saturated heterocycles. The maximum atomic E-state index is 12.2. The van der Waals surface area contributed by atoms with E-state index in [4.69, 9.17) is 38.4 Å². The fourth-order valence-electron chi connectivity index (χ4n) is 6.49. The highest BCUT2D eigenvalue weighted by Crippen LogP contribution is 2.39. The molecule has 2 amide bonds. The van der Waals surface area contributed by atoms with Gasteiger partial charge in [-0.3, -0.25) is 4.79 Å². The molecule has 5 atom stereocenters. The van der Waals surface area contributed by atoms with Crippen LogP contribution in [0.15, 0.2) is 60.7 Å². The molecule has 50 heavy (non-hydrogen) atoms. The van der Waals surface area contributed by atoms with Gasteiger partial charge in [-0.25, -0.2) is 9.59 Å². The summed E-state index contributed by atoms with van der Waals surface area (Å²) in [6.07, 6.45) is 3.06. The molecule has 0 radical (unpaired) electrons. The van der Waals surface area contributed by atoms with Gasteiger partial charge in [-0.15, -0.1) is 23.2 Å². The van der Waals surface area contributed by atoms with Crippen LogP contribution < -0.4 is 11.1 Å². The van der Waals surface area contributed by atoms with Crippen molar-refractivity contribution in [1.29, 1.82) is 0 Å². The Labute approximate surface area is 310 Å². The van der Waals surface area contributed by atoms with Gasteiger partial charge in [0.25, 0.3) is 0 Å². The van der Waals surface area contributed by atoms with Crippen LogP contribution in [0.5, 0.6) is 0 Å². The smallest absolute Gasteiger partial charge is 0.410 e. The van der Waals surface area contributed by atoms with Gasteiger partial charge in [0.2, 0.25) is 0 Å².